The molecule has 0 amide bonds. The molecule has 0 nitrogen and oxygen atoms in total. The molecule has 0 aliphatic heterocycles. The third-order valence-corrected chi connectivity index (χ3v) is 7.27. The van der Waals surface area contributed by atoms with Crippen LogP contribution >= 0.6 is 0 Å². The Labute approximate surface area is 152 Å². The van der Waals surface area contributed by atoms with Gasteiger partial charge in [0.2, 0.25) is 0 Å². The van der Waals surface area contributed by atoms with Crippen molar-refractivity contribution in [3.63, 3.8) is 0 Å². The first-order chi connectivity index (χ1) is 12.9. The third kappa shape index (κ3) is 1.08. The first-order valence-corrected chi connectivity index (χ1v) is 9.79. The fourth-order valence-corrected chi connectivity index (χ4v) is 6.45. The van der Waals surface area contributed by atoms with Crippen molar-refractivity contribution in [3.05, 3.63) is 87.0 Å². The standard InChI is InChI=1S/C26H16/c1-5-13-14-6-2-11-19-20-12-4-8-16-15-7-3-10-18-17(9-1)21(13)25(22(14)19)26(23(15)18)24(16)20/h1-7,12H,8-11H2. The molecular weight excluding hydrogens is 312 g/mol. The van der Waals surface area contributed by atoms with Gasteiger partial charge in [0.05, 0.1) is 0 Å². The maximum Gasteiger partial charge on any atom is -0.000757 e. The molecule has 0 atom stereocenters. The Morgan fingerprint density at radius 3 is 1.77 bits per heavy atom. The molecule has 0 saturated heterocycles. The first kappa shape index (κ1) is 12.5. The summed E-state index contributed by atoms with van der Waals surface area (Å²) >= 11 is 0. The van der Waals surface area contributed by atoms with Crippen LogP contribution in [-0.2, 0) is 19.3 Å². The fraction of sp³-hybridized carbons (Fsp3) is 0.154. The lowest BCUT2D eigenvalue weighted by Crippen LogP contribution is -2.07. The maximum atomic E-state index is 2.41. The molecule has 8 rings (SSSR count). The first-order valence-electron chi connectivity index (χ1n) is 9.79. The second-order valence-corrected chi connectivity index (χ2v) is 8.24. The summed E-state index contributed by atoms with van der Waals surface area (Å²) in [5.74, 6) is 0. The van der Waals surface area contributed by atoms with E-state index < -0.39 is 0 Å². The minimum Gasteiger partial charge on any atom is -0.0795 e. The molecule has 0 unspecified atom stereocenters. The highest BCUT2D eigenvalue weighted by Crippen LogP contribution is 2.60. The molecule has 0 heteroatoms. The molecule has 6 aliphatic carbocycles. The van der Waals surface area contributed by atoms with E-state index in [4.69, 9.17) is 0 Å². The van der Waals surface area contributed by atoms with E-state index in [0.717, 1.165) is 25.7 Å². The molecule has 120 valence electrons. The van der Waals surface area contributed by atoms with Gasteiger partial charge >= 0.3 is 0 Å². The van der Waals surface area contributed by atoms with E-state index in [1.165, 1.54) is 22.3 Å². The Kier molecular flexibility index (Phi) is 1.82. The van der Waals surface area contributed by atoms with Gasteiger partial charge in [0, 0.05) is 0 Å². The van der Waals surface area contributed by atoms with Crippen LogP contribution in [0.15, 0.2) is 42.5 Å². The van der Waals surface area contributed by atoms with Crippen LogP contribution in [0.2, 0.25) is 0 Å². The van der Waals surface area contributed by atoms with Crippen LogP contribution in [-0.4, -0.2) is 0 Å². The SMILES string of the molecule is C1=Cc2c3c4c5c6c(c7c8c5c2C(=C8C=CC7)C1)CC=CC6=C4C=CC3. The Morgan fingerprint density at radius 1 is 0.462 bits per heavy atom. The van der Waals surface area contributed by atoms with Crippen LogP contribution in [0.5, 0.6) is 0 Å². The normalized spacial score (nSPS) is 21.1. The van der Waals surface area contributed by atoms with E-state index in [1.54, 1.807) is 55.3 Å². The predicted molar refractivity (Wildman–Crippen MR) is 110 cm³/mol. The molecule has 2 aromatic carbocycles. The Morgan fingerprint density at radius 2 is 1.00 bits per heavy atom. The molecular formula is C26H16. The zero-order chi connectivity index (χ0) is 16.6. The van der Waals surface area contributed by atoms with Gasteiger partial charge in [-0.05, 0) is 103 Å². The summed E-state index contributed by atoms with van der Waals surface area (Å²) in [6, 6.07) is 0. The quantitative estimate of drug-likeness (QED) is 0.553. The van der Waals surface area contributed by atoms with Crippen molar-refractivity contribution in [2.75, 3.05) is 0 Å². The Hall–Kier alpha value is -2.86. The summed E-state index contributed by atoms with van der Waals surface area (Å²) in [5.41, 5.74) is 18.7. The predicted octanol–water partition coefficient (Wildman–Crippen LogP) is 6.04. The van der Waals surface area contributed by atoms with E-state index in [-0.39, 0.29) is 0 Å². The lowest BCUT2D eigenvalue weighted by atomic mass is 9.79. The van der Waals surface area contributed by atoms with Crippen LogP contribution in [0.4, 0.5) is 0 Å². The fourth-order valence-electron chi connectivity index (χ4n) is 6.45. The molecule has 0 aromatic heterocycles. The topological polar surface area (TPSA) is 0 Å². The third-order valence-electron chi connectivity index (χ3n) is 7.27. The van der Waals surface area contributed by atoms with Gasteiger partial charge in [-0.1, -0.05) is 48.6 Å². The largest absolute Gasteiger partial charge is 0.0795 e. The van der Waals surface area contributed by atoms with Gasteiger partial charge < -0.3 is 0 Å². The van der Waals surface area contributed by atoms with Crippen LogP contribution in [0, 0.1) is 0 Å². The van der Waals surface area contributed by atoms with Crippen molar-refractivity contribution in [2.24, 2.45) is 0 Å². The zero-order valence-electron chi connectivity index (χ0n) is 14.4. The van der Waals surface area contributed by atoms with Crippen LogP contribution < -0.4 is 0 Å². The molecule has 0 heterocycles. The average molecular weight is 328 g/mol. The van der Waals surface area contributed by atoms with Crippen molar-refractivity contribution in [1.29, 1.82) is 0 Å². The van der Waals surface area contributed by atoms with Gasteiger partial charge in [0.1, 0.15) is 0 Å². The molecule has 26 heavy (non-hydrogen) atoms. The summed E-state index contributed by atoms with van der Waals surface area (Å²) < 4.78 is 0. The van der Waals surface area contributed by atoms with E-state index in [9.17, 15) is 0 Å². The molecule has 2 aromatic rings. The second kappa shape index (κ2) is 3.78. The summed E-state index contributed by atoms with van der Waals surface area (Å²) in [6.45, 7) is 0. The molecule has 0 radical (unpaired) electrons. The zero-order valence-corrected chi connectivity index (χ0v) is 14.4. The Bertz CT molecular complexity index is 1340. The van der Waals surface area contributed by atoms with E-state index >= 15 is 0 Å². The summed E-state index contributed by atoms with van der Waals surface area (Å²) in [6.07, 6.45) is 23.5. The van der Waals surface area contributed by atoms with Crippen molar-refractivity contribution < 1.29 is 0 Å². The van der Waals surface area contributed by atoms with Crippen LogP contribution in [0.25, 0.3) is 39.1 Å². The molecule has 0 bridgehead atoms. The summed E-state index contributed by atoms with van der Waals surface area (Å²) in [7, 11) is 0. The van der Waals surface area contributed by atoms with Crippen molar-refractivity contribution in [2.45, 2.75) is 25.7 Å². The number of hydrogen-bond donors (Lipinski definition) is 0. The lowest BCUT2D eigenvalue weighted by molar-refractivity contribution is 1.13. The average Bonchev–Trinajstić information content (AvgIpc) is 3.21. The summed E-state index contributed by atoms with van der Waals surface area (Å²) in [5, 5.41) is 3.17. The van der Waals surface area contributed by atoms with E-state index in [0.29, 0.717) is 0 Å². The minimum atomic E-state index is 1.07. The van der Waals surface area contributed by atoms with E-state index in [2.05, 4.69) is 48.6 Å². The number of allylic oxidation sites excluding steroid dienone is 11. The van der Waals surface area contributed by atoms with Gasteiger partial charge in [0.15, 0.2) is 0 Å². The highest BCUT2D eigenvalue weighted by Gasteiger charge is 2.40. The summed E-state index contributed by atoms with van der Waals surface area (Å²) in [4.78, 5) is 0. The van der Waals surface area contributed by atoms with Gasteiger partial charge in [-0.25, -0.2) is 0 Å². The second-order valence-electron chi connectivity index (χ2n) is 8.24. The Balaban J connectivity index is 1.77. The number of hydrogen-bond acceptors (Lipinski definition) is 0. The lowest BCUT2D eigenvalue weighted by Gasteiger charge is -2.24. The van der Waals surface area contributed by atoms with E-state index in [1.807, 2.05) is 0 Å². The minimum absolute atomic E-state index is 1.07. The van der Waals surface area contributed by atoms with Gasteiger partial charge in [-0.3, -0.25) is 0 Å². The molecule has 6 aliphatic rings. The molecule has 0 fully saturated rings. The van der Waals surface area contributed by atoms with Gasteiger partial charge in [0.25, 0.3) is 0 Å². The maximum absolute atomic E-state index is 2.41. The molecule has 0 spiro atoms. The monoisotopic (exact) mass is 328 g/mol. The van der Waals surface area contributed by atoms with Crippen LogP contribution in [0.1, 0.15) is 50.9 Å². The van der Waals surface area contributed by atoms with Crippen molar-refractivity contribution in [3.8, 4) is 0 Å². The smallest absolute Gasteiger partial charge is 0.000757 e. The van der Waals surface area contributed by atoms with Crippen molar-refractivity contribution in [1.82, 2.24) is 0 Å². The van der Waals surface area contributed by atoms with Crippen LogP contribution in [0.3, 0.4) is 0 Å². The molecule has 0 saturated carbocycles. The highest BCUT2D eigenvalue weighted by molar-refractivity contribution is 6.29. The van der Waals surface area contributed by atoms with Gasteiger partial charge in [-0.15, -0.1) is 0 Å². The number of benzene rings is 2. The molecule has 0 N–H and O–H groups in total. The van der Waals surface area contributed by atoms with Crippen molar-refractivity contribution >= 4 is 39.1 Å². The number of rotatable bonds is 0. The number of fused-ring (bicyclic) bond motifs is 2. The highest BCUT2D eigenvalue weighted by atomic mass is 14.4. The van der Waals surface area contributed by atoms with Gasteiger partial charge in [-0.2, -0.15) is 0 Å².